The number of anilines is 1. The molecule has 0 amide bonds. The van der Waals surface area contributed by atoms with E-state index in [1.165, 1.54) is 11.3 Å². The normalized spacial score (nSPS) is 15.4. The van der Waals surface area contributed by atoms with Gasteiger partial charge in [0.15, 0.2) is 0 Å². The fourth-order valence-corrected chi connectivity index (χ4v) is 2.55. The highest BCUT2D eigenvalue weighted by Crippen LogP contribution is 2.25. The molecule has 2 rings (SSSR count). The Balaban J connectivity index is 2.34. The Labute approximate surface area is 110 Å². The van der Waals surface area contributed by atoms with Gasteiger partial charge in [0.05, 0.1) is 5.69 Å². The van der Waals surface area contributed by atoms with Crippen LogP contribution in [0, 0.1) is 12.3 Å². The number of aryl methyl sites for hydroxylation is 1. The molecule has 0 aliphatic carbocycles. The highest BCUT2D eigenvalue weighted by molar-refractivity contribution is 5.49. The number of hydrogen-bond donors (Lipinski definition) is 1. The second-order valence-corrected chi connectivity index (χ2v) is 6.36. The van der Waals surface area contributed by atoms with Crippen LogP contribution in [0.1, 0.15) is 37.9 Å². The Bertz CT molecular complexity index is 434. The summed E-state index contributed by atoms with van der Waals surface area (Å²) in [5, 5.41) is 3.41. The lowest BCUT2D eigenvalue weighted by molar-refractivity contribution is 0.416. The van der Waals surface area contributed by atoms with E-state index in [4.69, 9.17) is 0 Å². The zero-order chi connectivity index (χ0) is 13.3. The van der Waals surface area contributed by atoms with E-state index in [1.54, 1.807) is 0 Å². The van der Waals surface area contributed by atoms with E-state index in [2.05, 4.69) is 48.0 Å². The fraction of sp³-hybridized carbons (Fsp3) is 0.714. The topological polar surface area (TPSA) is 41.1 Å². The summed E-state index contributed by atoms with van der Waals surface area (Å²) in [6.45, 7) is 11.6. The average Bonchev–Trinajstić information content (AvgIpc) is 2.25. The summed E-state index contributed by atoms with van der Waals surface area (Å²) in [6, 6.07) is 0. The van der Waals surface area contributed by atoms with Crippen LogP contribution in [-0.4, -0.2) is 30.1 Å². The molecular formula is C14H24N4. The molecule has 4 heteroatoms. The zero-order valence-corrected chi connectivity index (χ0v) is 12.2. The molecule has 1 N–H and O–H groups in total. The predicted octanol–water partition coefficient (Wildman–Crippen LogP) is 1.91. The molecule has 1 aromatic rings. The zero-order valence-electron chi connectivity index (χ0n) is 12.2. The number of nitrogens with zero attached hydrogens (tertiary/aromatic N) is 3. The van der Waals surface area contributed by atoms with Crippen LogP contribution in [-0.2, 0) is 13.0 Å². The van der Waals surface area contributed by atoms with Crippen molar-refractivity contribution in [1.29, 1.82) is 0 Å². The predicted molar refractivity (Wildman–Crippen MR) is 74.9 cm³/mol. The molecule has 18 heavy (non-hydrogen) atoms. The minimum Gasteiger partial charge on any atom is -0.359 e. The van der Waals surface area contributed by atoms with Gasteiger partial charge in [-0.1, -0.05) is 20.8 Å². The first kappa shape index (κ1) is 13.3. The summed E-state index contributed by atoms with van der Waals surface area (Å²) in [7, 11) is 2.13. The van der Waals surface area contributed by atoms with Gasteiger partial charge in [-0.15, -0.1) is 0 Å². The molecule has 1 aliphatic heterocycles. The van der Waals surface area contributed by atoms with E-state index in [1.807, 2.05) is 6.92 Å². The number of nitrogens with one attached hydrogen (secondary N) is 1. The molecule has 0 unspecified atom stereocenters. The van der Waals surface area contributed by atoms with Crippen molar-refractivity contribution in [3.05, 3.63) is 17.1 Å². The van der Waals surface area contributed by atoms with Crippen LogP contribution in [0.15, 0.2) is 0 Å². The summed E-state index contributed by atoms with van der Waals surface area (Å²) >= 11 is 0. The summed E-state index contributed by atoms with van der Waals surface area (Å²) in [4.78, 5) is 11.5. The van der Waals surface area contributed by atoms with Gasteiger partial charge < -0.3 is 10.2 Å². The Morgan fingerprint density at radius 3 is 2.67 bits per heavy atom. The summed E-state index contributed by atoms with van der Waals surface area (Å²) in [5.74, 6) is 1.98. The molecule has 0 saturated carbocycles. The molecule has 0 saturated heterocycles. The van der Waals surface area contributed by atoms with Crippen LogP contribution >= 0.6 is 0 Å². The van der Waals surface area contributed by atoms with E-state index in [9.17, 15) is 0 Å². The monoisotopic (exact) mass is 248 g/mol. The van der Waals surface area contributed by atoms with Crippen molar-refractivity contribution in [1.82, 2.24) is 15.3 Å². The molecule has 1 aromatic heterocycles. The lowest BCUT2D eigenvalue weighted by Crippen LogP contribution is -2.33. The van der Waals surface area contributed by atoms with Crippen LogP contribution in [0.2, 0.25) is 0 Å². The van der Waals surface area contributed by atoms with Gasteiger partial charge in [0, 0.05) is 38.7 Å². The second-order valence-electron chi connectivity index (χ2n) is 6.36. The number of aromatic nitrogens is 2. The van der Waals surface area contributed by atoms with E-state index < -0.39 is 0 Å². The van der Waals surface area contributed by atoms with Crippen molar-refractivity contribution < 1.29 is 0 Å². The van der Waals surface area contributed by atoms with Gasteiger partial charge >= 0.3 is 0 Å². The van der Waals surface area contributed by atoms with Crippen LogP contribution < -0.4 is 10.2 Å². The third-order valence-corrected chi connectivity index (χ3v) is 3.10. The molecule has 1 aliphatic rings. The minimum atomic E-state index is 0.266. The SMILES string of the molecule is Cc1nc2c(c(N(C)CC(C)(C)C)n1)CNCC2. The van der Waals surface area contributed by atoms with Crippen LogP contribution in [0.25, 0.3) is 0 Å². The van der Waals surface area contributed by atoms with Crippen LogP contribution in [0.4, 0.5) is 5.82 Å². The lowest BCUT2D eigenvalue weighted by atomic mass is 9.96. The second kappa shape index (κ2) is 4.84. The Hall–Kier alpha value is -1.16. The van der Waals surface area contributed by atoms with Crippen LogP contribution in [0.3, 0.4) is 0 Å². The molecule has 0 radical (unpaired) electrons. The number of hydrogen-bond acceptors (Lipinski definition) is 4. The molecule has 0 spiro atoms. The summed E-state index contributed by atoms with van der Waals surface area (Å²) in [5.41, 5.74) is 2.76. The van der Waals surface area contributed by atoms with Crippen LogP contribution in [0.5, 0.6) is 0 Å². The van der Waals surface area contributed by atoms with Gasteiger partial charge in [-0.3, -0.25) is 0 Å². The Kier molecular flexibility index (Phi) is 3.57. The third-order valence-electron chi connectivity index (χ3n) is 3.10. The van der Waals surface area contributed by atoms with Crippen molar-refractivity contribution in [2.75, 3.05) is 25.0 Å². The van der Waals surface area contributed by atoms with Gasteiger partial charge in [0.2, 0.25) is 0 Å². The van der Waals surface area contributed by atoms with Gasteiger partial charge in [0.1, 0.15) is 11.6 Å². The summed E-state index contributed by atoms with van der Waals surface area (Å²) < 4.78 is 0. The highest BCUT2D eigenvalue weighted by Gasteiger charge is 2.21. The number of rotatable bonds is 2. The molecule has 2 heterocycles. The Morgan fingerprint density at radius 2 is 2.00 bits per heavy atom. The minimum absolute atomic E-state index is 0.266. The first-order chi connectivity index (χ1) is 8.37. The van der Waals surface area contributed by atoms with Crippen molar-refractivity contribution in [2.45, 2.75) is 40.7 Å². The maximum atomic E-state index is 4.65. The van der Waals surface area contributed by atoms with E-state index in [0.717, 1.165) is 37.7 Å². The van der Waals surface area contributed by atoms with Gasteiger partial charge in [0.25, 0.3) is 0 Å². The first-order valence-corrected chi connectivity index (χ1v) is 6.65. The average molecular weight is 248 g/mol. The van der Waals surface area contributed by atoms with Gasteiger partial charge in [-0.05, 0) is 12.3 Å². The van der Waals surface area contributed by atoms with E-state index in [-0.39, 0.29) is 5.41 Å². The van der Waals surface area contributed by atoms with Crippen molar-refractivity contribution in [3.63, 3.8) is 0 Å². The molecular weight excluding hydrogens is 224 g/mol. The molecule has 100 valence electrons. The standard InChI is InChI=1S/C14H24N4/c1-10-16-12-6-7-15-8-11(12)13(17-10)18(5)9-14(2,3)4/h15H,6-9H2,1-5H3. The molecule has 4 nitrogen and oxygen atoms in total. The third kappa shape index (κ3) is 2.99. The fourth-order valence-electron chi connectivity index (χ4n) is 2.55. The molecule has 0 bridgehead atoms. The highest BCUT2D eigenvalue weighted by atomic mass is 15.2. The number of fused-ring (bicyclic) bond motifs is 1. The largest absolute Gasteiger partial charge is 0.359 e. The lowest BCUT2D eigenvalue weighted by Gasteiger charge is -2.30. The maximum absolute atomic E-state index is 4.65. The van der Waals surface area contributed by atoms with Gasteiger partial charge in [-0.25, -0.2) is 9.97 Å². The first-order valence-electron chi connectivity index (χ1n) is 6.65. The van der Waals surface area contributed by atoms with Crippen molar-refractivity contribution in [3.8, 4) is 0 Å². The van der Waals surface area contributed by atoms with Gasteiger partial charge in [-0.2, -0.15) is 0 Å². The van der Waals surface area contributed by atoms with E-state index >= 15 is 0 Å². The smallest absolute Gasteiger partial charge is 0.136 e. The molecule has 0 fully saturated rings. The molecule has 0 atom stereocenters. The Morgan fingerprint density at radius 1 is 1.28 bits per heavy atom. The van der Waals surface area contributed by atoms with E-state index in [0.29, 0.717) is 0 Å². The van der Waals surface area contributed by atoms with Crippen molar-refractivity contribution in [2.24, 2.45) is 5.41 Å². The van der Waals surface area contributed by atoms with Crippen molar-refractivity contribution >= 4 is 5.82 Å². The molecule has 0 aromatic carbocycles. The maximum Gasteiger partial charge on any atom is 0.136 e. The summed E-state index contributed by atoms with van der Waals surface area (Å²) in [6.07, 6.45) is 1.01. The quantitative estimate of drug-likeness (QED) is 0.868.